The average Bonchev–Trinajstić information content (AvgIpc) is 3.39. The lowest BCUT2D eigenvalue weighted by atomic mass is 10.1. The Balaban J connectivity index is 1.47. The van der Waals surface area contributed by atoms with E-state index in [0.717, 1.165) is 62.6 Å². The fourth-order valence-corrected chi connectivity index (χ4v) is 3.93. The quantitative estimate of drug-likeness (QED) is 0.766. The van der Waals surface area contributed by atoms with E-state index >= 15 is 0 Å². The molecule has 2 fully saturated rings. The van der Waals surface area contributed by atoms with E-state index in [1.165, 1.54) is 0 Å². The Morgan fingerprint density at radius 1 is 1.30 bits per heavy atom. The second-order valence-electron chi connectivity index (χ2n) is 8.29. The van der Waals surface area contributed by atoms with Crippen LogP contribution in [-0.2, 0) is 9.53 Å². The van der Waals surface area contributed by atoms with Gasteiger partial charge in [0.1, 0.15) is 6.10 Å². The van der Waals surface area contributed by atoms with Crippen LogP contribution in [0.3, 0.4) is 0 Å². The van der Waals surface area contributed by atoms with Crippen LogP contribution in [0.25, 0.3) is 11.3 Å². The van der Waals surface area contributed by atoms with E-state index in [2.05, 4.69) is 25.3 Å². The zero-order chi connectivity index (χ0) is 21.1. The molecule has 0 saturated carbocycles. The minimum Gasteiger partial charge on any atom is -0.372 e. The van der Waals surface area contributed by atoms with Crippen LogP contribution in [0.4, 0.5) is 5.95 Å². The summed E-state index contributed by atoms with van der Waals surface area (Å²) in [5.74, 6) is 1.44. The number of nitrogens with one attached hydrogen (secondary N) is 1. The first-order valence-electron chi connectivity index (χ1n) is 10.7. The third kappa shape index (κ3) is 4.79. The summed E-state index contributed by atoms with van der Waals surface area (Å²) in [6.45, 7) is 10.2. The first-order valence-corrected chi connectivity index (χ1v) is 10.7. The molecule has 162 valence electrons. The Kier molecular flexibility index (Phi) is 6.29. The monoisotopic (exact) mass is 414 g/mol. The van der Waals surface area contributed by atoms with Crippen molar-refractivity contribution in [2.24, 2.45) is 0 Å². The van der Waals surface area contributed by atoms with E-state index in [1.807, 2.05) is 33.0 Å². The Morgan fingerprint density at radius 2 is 2.10 bits per heavy atom. The summed E-state index contributed by atoms with van der Waals surface area (Å²) >= 11 is 0. The van der Waals surface area contributed by atoms with Crippen molar-refractivity contribution in [3.8, 4) is 11.3 Å². The fraction of sp³-hybridized carbons (Fsp3) is 0.619. The van der Waals surface area contributed by atoms with E-state index in [1.54, 1.807) is 0 Å². The molecule has 1 N–H and O–H groups in total. The molecule has 1 amide bonds. The van der Waals surface area contributed by atoms with Gasteiger partial charge in [-0.1, -0.05) is 5.16 Å². The first-order chi connectivity index (χ1) is 14.5. The zero-order valence-electron chi connectivity index (χ0n) is 17.9. The van der Waals surface area contributed by atoms with Crippen LogP contribution >= 0.6 is 0 Å². The summed E-state index contributed by atoms with van der Waals surface area (Å²) in [4.78, 5) is 25.9. The van der Waals surface area contributed by atoms with Crippen LogP contribution in [-0.4, -0.2) is 71.3 Å². The first kappa shape index (κ1) is 20.7. The number of carbonyl (C=O) groups excluding carboxylic acids is 1. The van der Waals surface area contributed by atoms with Crippen molar-refractivity contribution in [1.29, 1.82) is 0 Å². The van der Waals surface area contributed by atoms with Crippen LogP contribution < -0.4 is 10.2 Å². The number of nitrogens with zero attached hydrogens (tertiary/aromatic N) is 5. The second-order valence-corrected chi connectivity index (χ2v) is 8.29. The third-order valence-corrected chi connectivity index (χ3v) is 5.41. The molecule has 4 rings (SSSR count). The van der Waals surface area contributed by atoms with Crippen molar-refractivity contribution in [2.75, 3.05) is 44.2 Å². The number of ether oxygens (including phenoxy) is 1. The molecule has 0 aromatic carbocycles. The molecule has 30 heavy (non-hydrogen) atoms. The highest BCUT2D eigenvalue weighted by Crippen LogP contribution is 2.35. The van der Waals surface area contributed by atoms with E-state index < -0.39 is 0 Å². The van der Waals surface area contributed by atoms with Gasteiger partial charge >= 0.3 is 0 Å². The number of rotatable bonds is 6. The Hall–Kier alpha value is -2.52. The molecule has 9 nitrogen and oxygen atoms in total. The van der Waals surface area contributed by atoms with Crippen molar-refractivity contribution in [3.63, 3.8) is 0 Å². The van der Waals surface area contributed by atoms with E-state index in [0.29, 0.717) is 18.3 Å². The molecule has 2 aliphatic rings. The molecule has 2 aromatic rings. The van der Waals surface area contributed by atoms with Crippen LogP contribution in [0.2, 0.25) is 0 Å². The van der Waals surface area contributed by atoms with Gasteiger partial charge in [-0.25, -0.2) is 9.97 Å². The minimum absolute atomic E-state index is 0.0480. The van der Waals surface area contributed by atoms with Gasteiger partial charge in [-0.15, -0.1) is 0 Å². The molecule has 9 heteroatoms. The normalized spacial score (nSPS) is 20.1. The van der Waals surface area contributed by atoms with Gasteiger partial charge in [0, 0.05) is 51.1 Å². The average molecular weight is 415 g/mol. The van der Waals surface area contributed by atoms with Crippen molar-refractivity contribution in [3.05, 3.63) is 23.7 Å². The molecular weight excluding hydrogens is 384 g/mol. The van der Waals surface area contributed by atoms with Gasteiger partial charge in [0.25, 0.3) is 0 Å². The van der Waals surface area contributed by atoms with Crippen molar-refractivity contribution in [2.45, 2.75) is 45.8 Å². The maximum atomic E-state index is 12.0. The topological polar surface area (TPSA) is 96.6 Å². The number of anilines is 1. The van der Waals surface area contributed by atoms with Gasteiger partial charge in [0.2, 0.25) is 11.9 Å². The Labute approximate surface area is 176 Å². The highest BCUT2D eigenvalue weighted by molar-refractivity contribution is 5.78. The molecule has 0 radical (unpaired) electrons. The van der Waals surface area contributed by atoms with Crippen LogP contribution in [0.5, 0.6) is 0 Å². The third-order valence-electron chi connectivity index (χ3n) is 5.41. The predicted molar refractivity (Wildman–Crippen MR) is 112 cm³/mol. The summed E-state index contributed by atoms with van der Waals surface area (Å²) < 4.78 is 11.4. The molecule has 2 aromatic heterocycles. The van der Waals surface area contributed by atoms with Crippen LogP contribution in [0.1, 0.15) is 44.2 Å². The largest absolute Gasteiger partial charge is 0.372 e. The number of hydrogen-bond acceptors (Lipinski definition) is 8. The van der Waals surface area contributed by atoms with Crippen LogP contribution in [0, 0.1) is 6.92 Å². The lowest BCUT2D eigenvalue weighted by Crippen LogP contribution is -2.50. The molecule has 4 heterocycles. The fourth-order valence-electron chi connectivity index (χ4n) is 3.93. The lowest BCUT2D eigenvalue weighted by molar-refractivity contribution is -0.122. The maximum Gasteiger partial charge on any atom is 0.234 e. The van der Waals surface area contributed by atoms with Crippen LogP contribution in [0.15, 0.2) is 16.8 Å². The van der Waals surface area contributed by atoms with Gasteiger partial charge in [-0.3, -0.25) is 9.69 Å². The highest BCUT2D eigenvalue weighted by atomic mass is 16.5. The lowest BCUT2D eigenvalue weighted by Gasteiger charge is -2.34. The van der Waals surface area contributed by atoms with Crippen molar-refractivity contribution in [1.82, 2.24) is 25.3 Å². The maximum absolute atomic E-state index is 12.0. The molecule has 0 bridgehead atoms. The van der Waals surface area contributed by atoms with Gasteiger partial charge in [-0.05, 0) is 33.6 Å². The summed E-state index contributed by atoms with van der Waals surface area (Å²) in [7, 11) is 0. The number of hydrogen-bond donors (Lipinski definition) is 1. The standard InChI is InChI=1S/C21H30N6O3/c1-14(2)23-19(28)13-26-6-8-27(9-7-26)21-22-12-16(18-11-15(3)25-30-18)20(24-21)17-5-4-10-29-17/h11-12,14,17H,4-10,13H2,1-3H3,(H,23,28)/t17-/m1/s1. The van der Waals surface area contributed by atoms with Gasteiger partial charge in [0.15, 0.2) is 5.76 Å². The summed E-state index contributed by atoms with van der Waals surface area (Å²) in [5, 5.41) is 6.95. The number of aryl methyl sites for hydroxylation is 1. The van der Waals surface area contributed by atoms with Crippen molar-refractivity contribution < 1.29 is 14.1 Å². The number of aromatic nitrogens is 3. The highest BCUT2D eigenvalue weighted by Gasteiger charge is 2.27. The van der Waals surface area contributed by atoms with E-state index in [4.69, 9.17) is 14.2 Å². The number of amides is 1. The molecular formula is C21H30N6O3. The summed E-state index contributed by atoms with van der Waals surface area (Å²) in [6.07, 6.45) is 3.74. The number of carbonyl (C=O) groups is 1. The molecule has 0 spiro atoms. The zero-order valence-corrected chi connectivity index (χ0v) is 17.9. The molecule has 2 saturated heterocycles. The van der Waals surface area contributed by atoms with E-state index in [-0.39, 0.29) is 18.1 Å². The molecule has 2 aliphatic heterocycles. The Morgan fingerprint density at radius 3 is 2.73 bits per heavy atom. The smallest absolute Gasteiger partial charge is 0.234 e. The summed E-state index contributed by atoms with van der Waals surface area (Å²) in [6, 6.07) is 2.06. The SMILES string of the molecule is Cc1cc(-c2cnc(N3CCN(CC(=O)NC(C)C)CC3)nc2[C@H]2CCCO2)on1. The van der Waals surface area contributed by atoms with E-state index in [9.17, 15) is 4.79 Å². The minimum atomic E-state index is -0.0480. The van der Waals surface area contributed by atoms with Crippen molar-refractivity contribution >= 4 is 11.9 Å². The second kappa shape index (κ2) is 9.09. The molecule has 1 atom stereocenters. The molecule has 0 unspecified atom stereocenters. The van der Waals surface area contributed by atoms with Gasteiger partial charge in [0.05, 0.1) is 23.5 Å². The number of piperazine rings is 1. The molecule has 0 aliphatic carbocycles. The van der Waals surface area contributed by atoms with Gasteiger partial charge < -0.3 is 19.5 Å². The summed E-state index contributed by atoms with van der Waals surface area (Å²) in [5.41, 5.74) is 2.53. The van der Waals surface area contributed by atoms with Gasteiger partial charge in [-0.2, -0.15) is 0 Å². The Bertz CT molecular complexity index is 869. The predicted octanol–water partition coefficient (Wildman–Crippen LogP) is 1.94.